The minimum atomic E-state index is -4.40. The van der Waals surface area contributed by atoms with Gasteiger partial charge < -0.3 is 5.32 Å². The van der Waals surface area contributed by atoms with Gasteiger partial charge >= 0.3 is 12.3 Å². The van der Waals surface area contributed by atoms with Crippen LogP contribution in [-0.2, 0) is 11.0 Å². The topological polar surface area (TPSA) is 47.7 Å². The zero-order valence-corrected chi connectivity index (χ0v) is 13.3. The molecule has 1 amide bonds. The normalized spacial score (nSPS) is 20.2. The molecule has 8 heteroatoms. The van der Waals surface area contributed by atoms with Gasteiger partial charge in [-0.1, -0.05) is 17.3 Å². The van der Waals surface area contributed by atoms with E-state index in [1.807, 2.05) is 0 Å². The maximum absolute atomic E-state index is 13.0. The van der Waals surface area contributed by atoms with Gasteiger partial charge in [0.25, 0.3) is 0 Å². The summed E-state index contributed by atoms with van der Waals surface area (Å²) in [6.45, 7) is 4.84. The van der Waals surface area contributed by atoms with Gasteiger partial charge in [0.15, 0.2) is 6.54 Å². The zero-order valence-electron chi connectivity index (χ0n) is 13.3. The van der Waals surface area contributed by atoms with E-state index in [1.54, 1.807) is 27.9 Å². The van der Waals surface area contributed by atoms with E-state index in [1.165, 1.54) is 12.1 Å². The van der Waals surface area contributed by atoms with Crippen LogP contribution in [0.15, 0.2) is 54.3 Å². The van der Waals surface area contributed by atoms with Crippen molar-refractivity contribution in [2.24, 2.45) is 11.0 Å². The number of amides is 1. The molecule has 131 valence electrons. The van der Waals surface area contributed by atoms with Crippen LogP contribution in [0.2, 0.25) is 0 Å². The first-order chi connectivity index (χ1) is 11.9. The number of carbonyl (C=O) groups excluding carboxylic acids is 1. The first kappa shape index (κ1) is 17.2. The maximum Gasteiger partial charge on any atom is 0.416 e. The Morgan fingerprint density at radius 1 is 1.48 bits per heavy atom. The average Bonchev–Trinajstić information content (AvgIpc) is 3.06. The second kappa shape index (κ2) is 6.70. The van der Waals surface area contributed by atoms with Crippen molar-refractivity contribution in [2.45, 2.75) is 6.18 Å². The van der Waals surface area contributed by atoms with Crippen molar-refractivity contribution in [1.82, 2.24) is 5.32 Å². The monoisotopic (exact) mass is 350 g/mol. The Balaban J connectivity index is 1.83. The summed E-state index contributed by atoms with van der Waals surface area (Å²) in [5.74, 6) is -0.275. The van der Waals surface area contributed by atoms with Crippen LogP contribution in [0.3, 0.4) is 0 Å². The lowest BCUT2D eigenvalue weighted by Crippen LogP contribution is -2.49. The van der Waals surface area contributed by atoms with Gasteiger partial charge in [-0.05, 0) is 29.4 Å². The van der Waals surface area contributed by atoms with Gasteiger partial charge in [-0.2, -0.15) is 13.2 Å². The fourth-order valence-corrected chi connectivity index (χ4v) is 2.88. The lowest BCUT2D eigenvalue weighted by Gasteiger charge is -2.33. The molecule has 2 heterocycles. The summed E-state index contributed by atoms with van der Waals surface area (Å²) in [6, 6.07) is 5.20. The number of halogens is 3. The molecule has 1 aromatic carbocycles. The number of benzene rings is 1. The molecular formula is C17H17F3N4O+. The fourth-order valence-electron chi connectivity index (χ4n) is 2.88. The Morgan fingerprint density at radius 2 is 2.28 bits per heavy atom. The summed E-state index contributed by atoms with van der Waals surface area (Å²) in [6.07, 6.45) is 0.890. The molecule has 0 aliphatic carbocycles. The van der Waals surface area contributed by atoms with Crippen LogP contribution in [0, 0.1) is 12.1 Å². The van der Waals surface area contributed by atoms with Crippen molar-refractivity contribution in [1.29, 1.82) is 0 Å². The van der Waals surface area contributed by atoms with Crippen molar-refractivity contribution in [3.8, 4) is 0 Å². The third kappa shape index (κ3) is 3.72. The van der Waals surface area contributed by atoms with Crippen LogP contribution in [0.25, 0.3) is 0 Å². The van der Waals surface area contributed by atoms with E-state index in [2.05, 4.69) is 17.0 Å². The molecule has 1 saturated heterocycles. The summed E-state index contributed by atoms with van der Waals surface area (Å²) in [5, 5.41) is 6.95. The highest BCUT2D eigenvalue weighted by molar-refractivity contribution is 5.86. The molecule has 2 aliphatic rings. The third-order valence-electron chi connectivity index (χ3n) is 4.08. The molecule has 0 aromatic heterocycles. The molecule has 1 fully saturated rings. The minimum absolute atomic E-state index is 0.00541. The van der Waals surface area contributed by atoms with Crippen molar-refractivity contribution >= 4 is 11.6 Å². The van der Waals surface area contributed by atoms with E-state index >= 15 is 0 Å². The number of hydrogen-bond donors (Lipinski definition) is 1. The highest BCUT2D eigenvalue weighted by Gasteiger charge is 2.43. The Kier molecular flexibility index (Phi) is 4.61. The molecule has 0 spiro atoms. The first-order valence-corrected chi connectivity index (χ1v) is 7.75. The number of anilines is 1. The second-order valence-corrected chi connectivity index (χ2v) is 5.85. The Bertz CT molecular complexity index is 742. The van der Waals surface area contributed by atoms with E-state index in [9.17, 15) is 18.0 Å². The van der Waals surface area contributed by atoms with Crippen molar-refractivity contribution in [3.63, 3.8) is 0 Å². The SMILES string of the molecule is C=CC(=O)NCC1CN(c2cccc(C(F)(F)F)c2)[C]2C=CN=[N+]2C1. The van der Waals surface area contributed by atoms with Gasteiger partial charge in [-0.15, -0.1) is 0 Å². The largest absolute Gasteiger partial charge is 0.416 e. The quantitative estimate of drug-likeness (QED) is 0.670. The third-order valence-corrected chi connectivity index (χ3v) is 4.08. The lowest BCUT2D eigenvalue weighted by atomic mass is 10.0. The van der Waals surface area contributed by atoms with Gasteiger partial charge in [0, 0.05) is 24.9 Å². The number of hydrogen-bond acceptors (Lipinski definition) is 3. The molecule has 5 nitrogen and oxygen atoms in total. The van der Waals surface area contributed by atoms with Crippen LogP contribution in [0.4, 0.5) is 18.9 Å². The van der Waals surface area contributed by atoms with Gasteiger partial charge in [0.05, 0.1) is 17.7 Å². The van der Waals surface area contributed by atoms with Crippen molar-refractivity contribution in [3.05, 3.63) is 60.9 Å². The standard InChI is InChI=1S/C17H17F3N4O/c1-2-15(25)21-9-12-10-23(16-6-7-22-24(16)11-12)14-5-3-4-13(8-14)17(18,19)20/h2-8,12H,1,9-11H2,(H,21,25)/q+1. The molecule has 1 aromatic rings. The number of azo groups is 2. The zero-order chi connectivity index (χ0) is 18.0. The predicted molar refractivity (Wildman–Crippen MR) is 85.4 cm³/mol. The van der Waals surface area contributed by atoms with E-state index in [0.717, 1.165) is 18.3 Å². The van der Waals surface area contributed by atoms with Crippen LogP contribution < -0.4 is 10.2 Å². The molecule has 1 N–H and O–H groups in total. The number of rotatable bonds is 4. The first-order valence-electron chi connectivity index (χ1n) is 7.75. The summed E-state index contributed by atoms with van der Waals surface area (Å²) < 4.78 is 40.7. The van der Waals surface area contributed by atoms with Crippen LogP contribution in [0.5, 0.6) is 0 Å². The van der Waals surface area contributed by atoms with Crippen LogP contribution in [-0.4, -0.2) is 30.2 Å². The molecular weight excluding hydrogens is 333 g/mol. The molecule has 0 bridgehead atoms. The number of alkyl halides is 3. The molecule has 2 aliphatic heterocycles. The molecule has 1 unspecified atom stereocenters. The van der Waals surface area contributed by atoms with Crippen LogP contribution >= 0.6 is 0 Å². The molecule has 0 saturated carbocycles. The number of nitrogens with one attached hydrogen (secondary N) is 1. The Morgan fingerprint density at radius 3 is 3.00 bits per heavy atom. The Hall–Kier alpha value is -2.64. The minimum Gasteiger partial charge on any atom is -0.352 e. The van der Waals surface area contributed by atoms with Crippen molar-refractivity contribution < 1.29 is 22.7 Å². The number of nitrogens with zero attached hydrogens (tertiary/aromatic N) is 3. The summed E-state index contributed by atoms with van der Waals surface area (Å²) in [4.78, 5) is 13.2. The number of fused-ring (bicyclic) bond motifs is 1. The molecule has 1 atom stereocenters. The van der Waals surface area contributed by atoms with Gasteiger partial charge in [-0.25, -0.2) is 0 Å². The van der Waals surface area contributed by atoms with Gasteiger partial charge in [-0.3, -0.25) is 9.69 Å². The van der Waals surface area contributed by atoms with E-state index < -0.39 is 11.7 Å². The highest BCUT2D eigenvalue weighted by Crippen LogP contribution is 2.35. The molecule has 25 heavy (non-hydrogen) atoms. The highest BCUT2D eigenvalue weighted by atomic mass is 19.4. The van der Waals surface area contributed by atoms with E-state index in [-0.39, 0.29) is 11.8 Å². The molecule has 1 radical (unpaired) electrons. The van der Waals surface area contributed by atoms with Gasteiger partial charge in [0.2, 0.25) is 5.91 Å². The Labute approximate surface area is 143 Å². The maximum atomic E-state index is 13.0. The van der Waals surface area contributed by atoms with Crippen LogP contribution in [0.1, 0.15) is 5.56 Å². The van der Waals surface area contributed by atoms with E-state index in [0.29, 0.717) is 25.3 Å². The average molecular weight is 350 g/mol. The summed E-state index contributed by atoms with van der Waals surface area (Å²) in [5.41, 5.74) is -0.255. The second-order valence-electron chi connectivity index (χ2n) is 5.85. The van der Waals surface area contributed by atoms with Gasteiger partial charge in [0.1, 0.15) is 0 Å². The van der Waals surface area contributed by atoms with Crippen molar-refractivity contribution in [2.75, 3.05) is 24.5 Å². The summed E-state index contributed by atoms with van der Waals surface area (Å²) in [7, 11) is 0. The molecule has 3 rings (SSSR count). The predicted octanol–water partition coefficient (Wildman–Crippen LogP) is 2.93. The van der Waals surface area contributed by atoms with E-state index in [4.69, 9.17) is 0 Å². The number of carbonyl (C=O) groups is 1. The fraction of sp³-hybridized carbons (Fsp3) is 0.294. The lowest BCUT2D eigenvalue weighted by molar-refractivity contribution is -0.578. The summed E-state index contributed by atoms with van der Waals surface area (Å²) >= 11 is 0. The smallest absolute Gasteiger partial charge is 0.352 e.